The van der Waals surface area contributed by atoms with Crippen molar-refractivity contribution in [3.8, 4) is 11.8 Å². The van der Waals surface area contributed by atoms with Crippen molar-refractivity contribution in [3.05, 3.63) is 58.4 Å². The summed E-state index contributed by atoms with van der Waals surface area (Å²) in [6.45, 7) is 7.49. The molecule has 1 amide bonds. The van der Waals surface area contributed by atoms with E-state index in [9.17, 15) is 14.9 Å². The van der Waals surface area contributed by atoms with Gasteiger partial charge in [-0.2, -0.15) is 5.26 Å². The lowest BCUT2D eigenvalue weighted by Crippen LogP contribution is -2.32. The molecule has 1 N–H and O–H groups in total. The molecule has 1 aromatic heterocycles. The van der Waals surface area contributed by atoms with Crippen molar-refractivity contribution in [1.29, 1.82) is 5.26 Å². The number of ether oxygens (including phenoxy) is 2. The molecule has 2 heterocycles. The molecule has 7 heteroatoms. The first-order chi connectivity index (χ1) is 15.9. The Balaban J connectivity index is 1.75. The van der Waals surface area contributed by atoms with Crippen LogP contribution in [0.2, 0.25) is 0 Å². The van der Waals surface area contributed by atoms with E-state index < -0.39 is 5.91 Å². The predicted octanol–water partition coefficient (Wildman–Crippen LogP) is 4.25. The van der Waals surface area contributed by atoms with Crippen LogP contribution < -0.4 is 5.32 Å². The molecule has 33 heavy (non-hydrogen) atoms. The van der Waals surface area contributed by atoms with Crippen molar-refractivity contribution >= 4 is 18.0 Å². The summed E-state index contributed by atoms with van der Waals surface area (Å²) in [4.78, 5) is 24.6. The Morgan fingerprint density at radius 1 is 1.30 bits per heavy atom. The van der Waals surface area contributed by atoms with Crippen LogP contribution in [0, 0.1) is 25.2 Å². The summed E-state index contributed by atoms with van der Waals surface area (Å²) in [5.41, 5.74) is 4.08. The molecule has 1 aliphatic heterocycles. The summed E-state index contributed by atoms with van der Waals surface area (Å²) in [5.74, 6) is -0.726. The Kier molecular flexibility index (Phi) is 8.45. The van der Waals surface area contributed by atoms with Crippen molar-refractivity contribution in [1.82, 2.24) is 9.88 Å². The molecule has 1 fully saturated rings. The number of aryl methyl sites for hydroxylation is 1. The molecule has 3 rings (SSSR count). The molecule has 0 radical (unpaired) electrons. The van der Waals surface area contributed by atoms with Crippen LogP contribution in [0.5, 0.6) is 0 Å². The van der Waals surface area contributed by atoms with Crippen LogP contribution in [0.1, 0.15) is 59.9 Å². The number of hydrogen-bond donors (Lipinski definition) is 1. The number of nitrogens with one attached hydrogen (secondary N) is 1. The zero-order chi connectivity index (χ0) is 23.8. The first-order valence-electron chi connectivity index (χ1n) is 11.4. The largest absolute Gasteiger partial charge is 0.462 e. The minimum absolute atomic E-state index is 0.0193. The van der Waals surface area contributed by atoms with Gasteiger partial charge in [-0.1, -0.05) is 13.3 Å². The van der Waals surface area contributed by atoms with Gasteiger partial charge in [0.2, 0.25) is 0 Å². The van der Waals surface area contributed by atoms with E-state index in [0.29, 0.717) is 25.3 Å². The van der Waals surface area contributed by atoms with Gasteiger partial charge in [0.25, 0.3) is 5.91 Å². The lowest BCUT2D eigenvalue weighted by molar-refractivity contribution is -0.117. The number of benzene rings is 1. The van der Waals surface area contributed by atoms with E-state index >= 15 is 0 Å². The van der Waals surface area contributed by atoms with Crippen LogP contribution in [-0.2, 0) is 14.3 Å². The summed E-state index contributed by atoms with van der Waals surface area (Å²) < 4.78 is 12.8. The Morgan fingerprint density at radius 2 is 2.06 bits per heavy atom. The molecule has 7 nitrogen and oxygen atoms in total. The quantitative estimate of drug-likeness (QED) is 0.267. The number of nitriles is 1. The first kappa shape index (κ1) is 24.3. The number of rotatable bonds is 9. The van der Waals surface area contributed by atoms with Gasteiger partial charge in [-0.25, -0.2) is 4.79 Å². The highest BCUT2D eigenvalue weighted by atomic mass is 16.5. The molecular formula is C26H31N3O4. The summed E-state index contributed by atoms with van der Waals surface area (Å²) in [5, 5.41) is 12.3. The Labute approximate surface area is 195 Å². The normalized spacial score (nSPS) is 15.8. The predicted molar refractivity (Wildman–Crippen MR) is 126 cm³/mol. The lowest BCUT2D eigenvalue weighted by atomic mass is 10.1. The smallest absolute Gasteiger partial charge is 0.338 e. The number of nitrogens with zero attached hydrogens (tertiary/aromatic N) is 2. The average Bonchev–Trinajstić information content (AvgIpc) is 3.43. The van der Waals surface area contributed by atoms with Crippen LogP contribution in [0.25, 0.3) is 11.8 Å². The molecule has 0 bridgehead atoms. The molecule has 1 aromatic carbocycles. The van der Waals surface area contributed by atoms with E-state index in [2.05, 4.69) is 5.32 Å². The second-order valence-corrected chi connectivity index (χ2v) is 8.21. The lowest BCUT2D eigenvalue weighted by Gasteiger charge is -2.11. The number of carbonyl (C=O) groups is 2. The summed E-state index contributed by atoms with van der Waals surface area (Å²) in [6.07, 6.45) is 5.36. The first-order valence-corrected chi connectivity index (χ1v) is 11.4. The number of aromatic nitrogens is 1. The van der Waals surface area contributed by atoms with Crippen LogP contribution in [0.15, 0.2) is 35.9 Å². The monoisotopic (exact) mass is 449 g/mol. The highest BCUT2D eigenvalue weighted by molar-refractivity contribution is 6.01. The average molecular weight is 450 g/mol. The van der Waals surface area contributed by atoms with Crippen molar-refractivity contribution in [2.75, 3.05) is 19.8 Å². The maximum absolute atomic E-state index is 12.5. The highest BCUT2D eigenvalue weighted by Crippen LogP contribution is 2.23. The van der Waals surface area contributed by atoms with Crippen LogP contribution in [0.4, 0.5) is 0 Å². The zero-order valence-corrected chi connectivity index (χ0v) is 19.5. The van der Waals surface area contributed by atoms with Gasteiger partial charge in [-0.05, 0) is 75.1 Å². The van der Waals surface area contributed by atoms with E-state index in [1.165, 1.54) is 0 Å². The second-order valence-electron chi connectivity index (χ2n) is 8.21. The topological polar surface area (TPSA) is 93.4 Å². The molecule has 1 saturated heterocycles. The van der Waals surface area contributed by atoms with Gasteiger partial charge in [-0.15, -0.1) is 0 Å². The molecule has 174 valence electrons. The van der Waals surface area contributed by atoms with Gasteiger partial charge >= 0.3 is 5.97 Å². The third-order valence-corrected chi connectivity index (χ3v) is 5.74. The van der Waals surface area contributed by atoms with Crippen LogP contribution >= 0.6 is 0 Å². The third kappa shape index (κ3) is 6.11. The number of hydrogen-bond acceptors (Lipinski definition) is 5. The molecule has 1 atom stereocenters. The van der Waals surface area contributed by atoms with Gasteiger partial charge in [0.15, 0.2) is 0 Å². The fourth-order valence-corrected chi connectivity index (χ4v) is 3.88. The fourth-order valence-electron chi connectivity index (χ4n) is 3.88. The van der Waals surface area contributed by atoms with E-state index in [-0.39, 0.29) is 17.6 Å². The molecule has 0 aliphatic carbocycles. The molecule has 0 spiro atoms. The summed E-state index contributed by atoms with van der Waals surface area (Å²) >= 11 is 0. The minimum Gasteiger partial charge on any atom is -0.462 e. The van der Waals surface area contributed by atoms with E-state index in [4.69, 9.17) is 9.47 Å². The van der Waals surface area contributed by atoms with Crippen LogP contribution in [-0.4, -0.2) is 42.3 Å². The third-order valence-electron chi connectivity index (χ3n) is 5.74. The summed E-state index contributed by atoms with van der Waals surface area (Å²) in [6, 6.07) is 11.2. The van der Waals surface area contributed by atoms with E-state index in [1.54, 1.807) is 18.2 Å². The molecule has 1 aliphatic rings. The number of amides is 1. The van der Waals surface area contributed by atoms with Crippen molar-refractivity contribution in [2.45, 2.75) is 52.6 Å². The second kappa shape index (κ2) is 11.5. The minimum atomic E-state index is -0.399. The van der Waals surface area contributed by atoms with E-state index in [0.717, 1.165) is 48.3 Å². The van der Waals surface area contributed by atoms with Gasteiger partial charge in [0.05, 0.1) is 18.3 Å². The Bertz CT molecular complexity index is 1050. The zero-order valence-electron chi connectivity index (χ0n) is 19.5. The van der Waals surface area contributed by atoms with Crippen LogP contribution in [0.3, 0.4) is 0 Å². The van der Waals surface area contributed by atoms with Gasteiger partial charge in [0.1, 0.15) is 11.6 Å². The summed E-state index contributed by atoms with van der Waals surface area (Å²) in [7, 11) is 0. The van der Waals surface area contributed by atoms with Crippen molar-refractivity contribution < 1.29 is 19.1 Å². The number of unbranched alkanes of at least 4 members (excludes halogenated alkanes) is 1. The fraction of sp³-hybridized carbons (Fsp3) is 0.423. The Hall–Kier alpha value is -3.37. The highest BCUT2D eigenvalue weighted by Gasteiger charge is 2.18. The van der Waals surface area contributed by atoms with Gasteiger partial charge in [0, 0.05) is 30.2 Å². The van der Waals surface area contributed by atoms with Gasteiger partial charge in [-0.3, -0.25) is 4.79 Å². The number of esters is 1. The maximum Gasteiger partial charge on any atom is 0.338 e. The molecule has 2 aromatic rings. The van der Waals surface area contributed by atoms with Crippen molar-refractivity contribution in [2.24, 2.45) is 0 Å². The SMILES string of the molecule is CCCCOC(=O)c1ccc(-n2c(C)cc(/C=C(\C#N)C(=O)NC[C@H]3CCCO3)c2C)cc1. The van der Waals surface area contributed by atoms with E-state index in [1.807, 2.05) is 49.6 Å². The standard InChI is InChI=1S/C26H31N3O4/c1-4-5-12-33-26(31)20-8-10-23(11-9-20)29-18(2)14-21(19(29)3)15-22(16-27)25(30)28-17-24-7-6-13-32-24/h8-11,14-15,24H,4-7,12-13,17H2,1-3H3,(H,28,30)/b22-15+/t24-/m1/s1. The molecular weight excluding hydrogens is 418 g/mol. The van der Waals surface area contributed by atoms with Crippen molar-refractivity contribution in [3.63, 3.8) is 0 Å². The van der Waals surface area contributed by atoms with Gasteiger partial charge < -0.3 is 19.4 Å². The Morgan fingerprint density at radius 3 is 2.70 bits per heavy atom. The molecule has 0 saturated carbocycles. The maximum atomic E-state index is 12.5. The number of carbonyl (C=O) groups excluding carboxylic acids is 2. The molecule has 0 unspecified atom stereocenters.